The second kappa shape index (κ2) is 10.2. The highest BCUT2D eigenvalue weighted by Gasteiger charge is 2.16. The third kappa shape index (κ3) is 5.04. The summed E-state index contributed by atoms with van der Waals surface area (Å²) in [6.07, 6.45) is 1.58. The molecule has 0 unspecified atom stereocenters. The van der Waals surface area contributed by atoms with Gasteiger partial charge in [-0.05, 0) is 80.4 Å². The topological polar surface area (TPSA) is 103 Å². The van der Waals surface area contributed by atoms with Gasteiger partial charge in [-0.1, -0.05) is 6.07 Å². The minimum absolute atomic E-state index is 0.00338. The zero-order valence-electron chi connectivity index (χ0n) is 19.8. The van der Waals surface area contributed by atoms with E-state index in [9.17, 15) is 14.9 Å². The quantitative estimate of drug-likeness (QED) is 0.314. The first-order valence-electron chi connectivity index (χ1n) is 11.2. The van der Waals surface area contributed by atoms with Crippen LogP contribution in [0.5, 0.6) is 11.5 Å². The summed E-state index contributed by atoms with van der Waals surface area (Å²) in [5.41, 5.74) is 4.72. The van der Waals surface area contributed by atoms with Gasteiger partial charge in [-0.15, -0.1) is 0 Å². The van der Waals surface area contributed by atoms with Gasteiger partial charge in [-0.25, -0.2) is 4.79 Å². The van der Waals surface area contributed by atoms with Gasteiger partial charge in [0.2, 0.25) is 6.79 Å². The van der Waals surface area contributed by atoms with E-state index in [2.05, 4.69) is 5.32 Å². The van der Waals surface area contributed by atoms with Crippen molar-refractivity contribution in [2.75, 3.05) is 13.4 Å². The molecule has 0 spiro atoms. The lowest BCUT2D eigenvalue weighted by molar-refractivity contribution is -0.117. The van der Waals surface area contributed by atoms with Gasteiger partial charge in [0.05, 0.1) is 12.2 Å². The van der Waals surface area contributed by atoms with E-state index in [-0.39, 0.29) is 24.9 Å². The summed E-state index contributed by atoms with van der Waals surface area (Å²) >= 11 is 0. The zero-order chi connectivity index (χ0) is 24.9. The Morgan fingerprint density at radius 2 is 1.86 bits per heavy atom. The summed E-state index contributed by atoms with van der Waals surface area (Å²) < 4.78 is 17.7. The van der Waals surface area contributed by atoms with Crippen LogP contribution in [0.4, 0.5) is 0 Å². The average Bonchev–Trinajstić information content (AvgIpc) is 3.44. The minimum Gasteiger partial charge on any atom is -0.462 e. The molecule has 0 aliphatic carbocycles. The Labute approximate surface area is 203 Å². The standard InChI is InChI=1S/C27H25N3O5/c1-4-33-27(32)20-6-8-23(9-7-20)30-17(2)11-21(18(30)3)13-22(14-28)26(31)29-15-19-5-10-24-25(12-19)35-16-34-24/h5-13H,4,15-16H2,1-3H3,(H,29,31)/b22-13+. The average molecular weight is 472 g/mol. The summed E-state index contributed by atoms with van der Waals surface area (Å²) in [6, 6.07) is 16.4. The number of nitriles is 1. The van der Waals surface area contributed by atoms with Crippen LogP contribution in [0.3, 0.4) is 0 Å². The molecular formula is C27H25N3O5. The number of carbonyl (C=O) groups is 2. The molecule has 4 rings (SSSR count). The molecule has 1 N–H and O–H groups in total. The van der Waals surface area contributed by atoms with E-state index in [1.807, 2.05) is 48.7 Å². The van der Waals surface area contributed by atoms with Gasteiger partial charge < -0.3 is 24.1 Å². The molecule has 8 heteroatoms. The highest BCUT2D eigenvalue weighted by atomic mass is 16.7. The smallest absolute Gasteiger partial charge is 0.338 e. The normalized spacial score (nSPS) is 12.2. The maximum Gasteiger partial charge on any atom is 0.338 e. The lowest BCUT2D eigenvalue weighted by Gasteiger charge is -2.10. The molecule has 3 aromatic rings. The highest BCUT2D eigenvalue weighted by molar-refractivity contribution is 6.01. The molecular weight excluding hydrogens is 446 g/mol. The molecule has 2 aromatic carbocycles. The van der Waals surface area contributed by atoms with Gasteiger partial charge in [-0.3, -0.25) is 4.79 Å². The number of hydrogen-bond acceptors (Lipinski definition) is 6. The Bertz CT molecular complexity index is 1350. The van der Waals surface area contributed by atoms with Gasteiger partial charge in [-0.2, -0.15) is 5.26 Å². The van der Waals surface area contributed by atoms with E-state index in [4.69, 9.17) is 14.2 Å². The zero-order valence-corrected chi connectivity index (χ0v) is 19.8. The van der Waals surface area contributed by atoms with Gasteiger partial charge in [0.25, 0.3) is 5.91 Å². The van der Waals surface area contributed by atoms with Crippen molar-refractivity contribution in [1.82, 2.24) is 9.88 Å². The van der Waals surface area contributed by atoms with Crippen molar-refractivity contribution in [2.24, 2.45) is 0 Å². The van der Waals surface area contributed by atoms with Gasteiger partial charge in [0.15, 0.2) is 11.5 Å². The number of fused-ring (bicyclic) bond motifs is 1. The van der Waals surface area contributed by atoms with E-state index in [1.165, 1.54) is 0 Å². The molecule has 35 heavy (non-hydrogen) atoms. The number of aromatic nitrogens is 1. The van der Waals surface area contributed by atoms with Crippen molar-refractivity contribution in [1.29, 1.82) is 5.26 Å². The fraction of sp³-hybridized carbons (Fsp3) is 0.222. The SMILES string of the molecule is CCOC(=O)c1ccc(-n2c(C)cc(/C=C(\C#N)C(=O)NCc3ccc4c(c3)OCO4)c2C)cc1. The molecule has 1 aliphatic heterocycles. The molecule has 0 atom stereocenters. The Morgan fingerprint density at radius 1 is 1.11 bits per heavy atom. The Kier molecular flexibility index (Phi) is 6.88. The fourth-order valence-electron chi connectivity index (χ4n) is 3.92. The van der Waals surface area contributed by atoms with Crippen LogP contribution in [0.2, 0.25) is 0 Å². The predicted molar refractivity (Wildman–Crippen MR) is 129 cm³/mol. The Hall–Kier alpha value is -4.51. The van der Waals surface area contributed by atoms with Crippen molar-refractivity contribution in [3.63, 3.8) is 0 Å². The lowest BCUT2D eigenvalue weighted by Crippen LogP contribution is -2.23. The number of rotatable bonds is 7. The van der Waals surface area contributed by atoms with E-state index in [0.29, 0.717) is 23.7 Å². The first-order chi connectivity index (χ1) is 16.9. The number of hydrogen-bond donors (Lipinski definition) is 1. The first kappa shape index (κ1) is 23.6. The van der Waals surface area contributed by atoms with Crippen LogP contribution in [0.25, 0.3) is 11.8 Å². The van der Waals surface area contributed by atoms with Crippen LogP contribution < -0.4 is 14.8 Å². The molecule has 178 valence electrons. The summed E-state index contributed by atoms with van der Waals surface area (Å²) in [5.74, 6) is 0.474. The Morgan fingerprint density at radius 3 is 2.57 bits per heavy atom. The van der Waals surface area contributed by atoms with Crippen molar-refractivity contribution >= 4 is 18.0 Å². The number of esters is 1. The lowest BCUT2D eigenvalue weighted by atomic mass is 10.1. The van der Waals surface area contributed by atoms with Crippen molar-refractivity contribution < 1.29 is 23.8 Å². The molecule has 0 fully saturated rings. The first-order valence-corrected chi connectivity index (χ1v) is 11.2. The molecule has 0 saturated carbocycles. The number of amides is 1. The molecule has 0 saturated heterocycles. The summed E-state index contributed by atoms with van der Waals surface area (Å²) in [4.78, 5) is 24.6. The number of nitrogens with one attached hydrogen (secondary N) is 1. The molecule has 1 aliphatic rings. The van der Waals surface area contributed by atoms with Crippen LogP contribution in [-0.4, -0.2) is 29.8 Å². The van der Waals surface area contributed by atoms with E-state index in [1.54, 1.807) is 37.3 Å². The van der Waals surface area contributed by atoms with Crippen LogP contribution in [0, 0.1) is 25.2 Å². The van der Waals surface area contributed by atoms with Crippen LogP contribution in [0.1, 0.15) is 39.8 Å². The third-order valence-corrected chi connectivity index (χ3v) is 5.66. The molecule has 1 amide bonds. The van der Waals surface area contributed by atoms with Crippen molar-refractivity contribution in [2.45, 2.75) is 27.3 Å². The maximum absolute atomic E-state index is 12.7. The summed E-state index contributed by atoms with van der Waals surface area (Å²) in [7, 11) is 0. The van der Waals surface area contributed by atoms with Crippen molar-refractivity contribution in [3.05, 3.63) is 82.2 Å². The van der Waals surface area contributed by atoms with Gasteiger partial charge in [0.1, 0.15) is 11.6 Å². The Balaban J connectivity index is 1.51. The third-order valence-electron chi connectivity index (χ3n) is 5.66. The molecule has 0 bridgehead atoms. The van der Waals surface area contributed by atoms with Crippen LogP contribution in [0.15, 0.2) is 54.1 Å². The van der Waals surface area contributed by atoms with E-state index >= 15 is 0 Å². The largest absolute Gasteiger partial charge is 0.462 e. The summed E-state index contributed by atoms with van der Waals surface area (Å²) in [6.45, 7) is 6.37. The molecule has 2 heterocycles. The van der Waals surface area contributed by atoms with E-state index < -0.39 is 5.91 Å². The number of benzene rings is 2. The van der Waals surface area contributed by atoms with E-state index in [0.717, 1.165) is 28.2 Å². The van der Waals surface area contributed by atoms with Gasteiger partial charge in [0, 0.05) is 23.6 Å². The number of nitrogens with zero attached hydrogens (tertiary/aromatic N) is 2. The van der Waals surface area contributed by atoms with Crippen molar-refractivity contribution in [3.8, 4) is 23.3 Å². The second-order valence-electron chi connectivity index (χ2n) is 7.97. The molecule has 0 radical (unpaired) electrons. The predicted octanol–water partition coefficient (Wildman–Crippen LogP) is 4.22. The number of aryl methyl sites for hydroxylation is 1. The highest BCUT2D eigenvalue weighted by Crippen LogP contribution is 2.32. The summed E-state index contributed by atoms with van der Waals surface area (Å²) in [5, 5.41) is 12.4. The molecule has 1 aromatic heterocycles. The minimum atomic E-state index is -0.464. The molecule has 8 nitrogen and oxygen atoms in total. The number of carbonyl (C=O) groups excluding carboxylic acids is 2. The van der Waals surface area contributed by atoms with Gasteiger partial charge >= 0.3 is 5.97 Å². The van der Waals surface area contributed by atoms with Crippen LogP contribution in [-0.2, 0) is 16.1 Å². The fourth-order valence-corrected chi connectivity index (χ4v) is 3.92. The number of ether oxygens (including phenoxy) is 3. The van der Waals surface area contributed by atoms with Crippen LogP contribution >= 0.6 is 0 Å². The maximum atomic E-state index is 12.7. The second-order valence-corrected chi connectivity index (χ2v) is 7.97. The monoisotopic (exact) mass is 471 g/mol.